The van der Waals surface area contributed by atoms with E-state index in [4.69, 9.17) is 4.52 Å². The molecule has 0 unspecified atom stereocenters. The number of hydrogen-bond donors (Lipinski definition) is 0. The van der Waals surface area contributed by atoms with Gasteiger partial charge in [-0.1, -0.05) is 19.0 Å². The van der Waals surface area contributed by atoms with Gasteiger partial charge < -0.3 is 9.42 Å². The molecule has 0 aliphatic heterocycles. The summed E-state index contributed by atoms with van der Waals surface area (Å²) in [5, 5.41) is 3.80. The summed E-state index contributed by atoms with van der Waals surface area (Å²) in [7, 11) is 3.74. The number of aromatic nitrogens is 1. The van der Waals surface area contributed by atoms with Gasteiger partial charge in [0.25, 0.3) is 0 Å². The Labute approximate surface area is 95.9 Å². The summed E-state index contributed by atoms with van der Waals surface area (Å²) in [6.07, 6.45) is 1.77. The Balaban J connectivity index is 3.11. The van der Waals surface area contributed by atoms with E-state index >= 15 is 0 Å². The van der Waals surface area contributed by atoms with Crippen LogP contribution < -0.4 is 0 Å². The molecule has 0 spiro atoms. The predicted octanol–water partition coefficient (Wildman–Crippen LogP) is 2.11. The number of allylic oxidation sites excluding steroid dienone is 1. The Hall–Kier alpha value is -1.58. The molecule has 0 amide bonds. The summed E-state index contributed by atoms with van der Waals surface area (Å²) >= 11 is 0. The van der Waals surface area contributed by atoms with Crippen LogP contribution in [0.3, 0.4) is 0 Å². The Morgan fingerprint density at radius 3 is 2.50 bits per heavy atom. The van der Waals surface area contributed by atoms with Crippen LogP contribution in [0.5, 0.6) is 0 Å². The molecule has 1 rings (SSSR count). The lowest BCUT2D eigenvalue weighted by Gasteiger charge is -2.10. The number of aryl methyl sites for hydroxylation is 1. The van der Waals surface area contributed by atoms with E-state index in [9.17, 15) is 4.79 Å². The van der Waals surface area contributed by atoms with Gasteiger partial charge in [-0.25, -0.2) is 0 Å². The van der Waals surface area contributed by atoms with Gasteiger partial charge in [0.1, 0.15) is 0 Å². The molecule has 4 heteroatoms. The minimum Gasteiger partial charge on any atom is -0.383 e. The topological polar surface area (TPSA) is 46.3 Å². The van der Waals surface area contributed by atoms with Crippen LogP contribution in [-0.4, -0.2) is 29.9 Å². The first-order valence-corrected chi connectivity index (χ1v) is 5.28. The standard InChI is InChI=1S/C12H18N2O2/c1-8(2)12(15)10(7-14(4)5)11-6-9(3)13-16-11/h6-8H,1-5H3. The molecule has 0 aliphatic carbocycles. The molecule has 1 aromatic heterocycles. The predicted molar refractivity (Wildman–Crippen MR) is 62.7 cm³/mol. The van der Waals surface area contributed by atoms with Crippen LogP contribution in [0, 0.1) is 12.8 Å². The lowest BCUT2D eigenvalue weighted by atomic mass is 10.00. The van der Waals surface area contributed by atoms with Crippen molar-refractivity contribution in [2.24, 2.45) is 5.92 Å². The molecule has 0 radical (unpaired) electrons. The third kappa shape index (κ3) is 2.95. The minimum absolute atomic E-state index is 0.0587. The van der Waals surface area contributed by atoms with E-state index in [-0.39, 0.29) is 11.7 Å². The van der Waals surface area contributed by atoms with Crippen molar-refractivity contribution in [2.75, 3.05) is 14.1 Å². The number of nitrogens with zero attached hydrogens (tertiary/aromatic N) is 2. The van der Waals surface area contributed by atoms with E-state index in [0.29, 0.717) is 11.3 Å². The van der Waals surface area contributed by atoms with Crippen molar-refractivity contribution in [1.82, 2.24) is 10.1 Å². The number of ketones is 1. The summed E-state index contributed by atoms with van der Waals surface area (Å²) in [5.41, 5.74) is 1.34. The van der Waals surface area contributed by atoms with Gasteiger partial charge in [0.05, 0.1) is 11.3 Å². The summed E-state index contributed by atoms with van der Waals surface area (Å²) in [6, 6.07) is 1.77. The fourth-order valence-corrected chi connectivity index (χ4v) is 1.31. The number of Topliss-reactive ketones (excluding diaryl/α,β-unsaturated/α-hetero) is 1. The van der Waals surface area contributed by atoms with E-state index in [1.54, 1.807) is 12.3 Å². The molecule has 0 saturated carbocycles. The number of hydrogen-bond acceptors (Lipinski definition) is 4. The fourth-order valence-electron chi connectivity index (χ4n) is 1.31. The molecule has 0 saturated heterocycles. The second kappa shape index (κ2) is 4.96. The van der Waals surface area contributed by atoms with Crippen LogP contribution in [0.25, 0.3) is 5.57 Å². The molecular formula is C12H18N2O2. The van der Waals surface area contributed by atoms with Crippen LogP contribution in [0.1, 0.15) is 25.3 Å². The Kier molecular flexibility index (Phi) is 3.88. The summed E-state index contributed by atoms with van der Waals surface area (Å²) < 4.78 is 5.13. The molecule has 1 aromatic rings. The van der Waals surface area contributed by atoms with Gasteiger partial charge in [-0.15, -0.1) is 0 Å². The molecule has 0 aromatic carbocycles. The van der Waals surface area contributed by atoms with Crippen molar-refractivity contribution in [3.05, 3.63) is 23.7 Å². The first-order chi connectivity index (χ1) is 7.41. The zero-order valence-corrected chi connectivity index (χ0v) is 10.4. The molecule has 88 valence electrons. The summed E-state index contributed by atoms with van der Waals surface area (Å²) in [5.74, 6) is 0.534. The Bertz CT molecular complexity index is 403. The van der Waals surface area contributed by atoms with Gasteiger partial charge in [0.2, 0.25) is 0 Å². The Morgan fingerprint density at radius 2 is 2.12 bits per heavy atom. The maximum atomic E-state index is 12.0. The first kappa shape index (κ1) is 12.5. The van der Waals surface area contributed by atoms with E-state index in [1.807, 2.05) is 39.8 Å². The molecule has 0 aliphatic rings. The first-order valence-electron chi connectivity index (χ1n) is 5.28. The summed E-state index contributed by atoms with van der Waals surface area (Å²) in [6.45, 7) is 5.57. The third-order valence-electron chi connectivity index (χ3n) is 2.07. The molecular weight excluding hydrogens is 204 g/mol. The maximum absolute atomic E-state index is 12.0. The lowest BCUT2D eigenvalue weighted by Crippen LogP contribution is -2.13. The van der Waals surface area contributed by atoms with Crippen molar-refractivity contribution >= 4 is 11.4 Å². The third-order valence-corrected chi connectivity index (χ3v) is 2.07. The number of carbonyl (C=O) groups excluding carboxylic acids is 1. The van der Waals surface area contributed by atoms with Crippen molar-refractivity contribution in [1.29, 1.82) is 0 Å². The normalized spacial score (nSPS) is 12.0. The minimum atomic E-state index is -0.0587. The highest BCUT2D eigenvalue weighted by Crippen LogP contribution is 2.20. The van der Waals surface area contributed by atoms with Crippen LogP contribution in [0.4, 0.5) is 0 Å². The number of carbonyl (C=O) groups is 1. The van der Waals surface area contributed by atoms with Crippen LogP contribution in [-0.2, 0) is 4.79 Å². The maximum Gasteiger partial charge on any atom is 0.172 e. The SMILES string of the molecule is Cc1cc(C(=CN(C)C)C(=O)C(C)C)on1. The van der Waals surface area contributed by atoms with E-state index in [1.165, 1.54) is 0 Å². The van der Waals surface area contributed by atoms with E-state index in [0.717, 1.165) is 5.69 Å². The highest BCUT2D eigenvalue weighted by molar-refractivity contribution is 6.20. The number of rotatable bonds is 4. The van der Waals surface area contributed by atoms with Gasteiger partial charge in [-0.2, -0.15) is 0 Å². The van der Waals surface area contributed by atoms with Gasteiger partial charge in [-0.05, 0) is 6.92 Å². The van der Waals surface area contributed by atoms with E-state index < -0.39 is 0 Å². The van der Waals surface area contributed by atoms with Gasteiger partial charge in [-0.3, -0.25) is 4.79 Å². The molecule has 4 nitrogen and oxygen atoms in total. The zero-order valence-electron chi connectivity index (χ0n) is 10.4. The largest absolute Gasteiger partial charge is 0.383 e. The molecule has 1 heterocycles. The molecule has 0 bridgehead atoms. The van der Waals surface area contributed by atoms with Crippen molar-refractivity contribution in [3.63, 3.8) is 0 Å². The van der Waals surface area contributed by atoms with Gasteiger partial charge in [0.15, 0.2) is 11.5 Å². The Morgan fingerprint density at radius 1 is 1.50 bits per heavy atom. The average molecular weight is 222 g/mol. The molecule has 16 heavy (non-hydrogen) atoms. The molecule has 0 atom stereocenters. The van der Waals surface area contributed by atoms with Crippen molar-refractivity contribution in [3.8, 4) is 0 Å². The second-order valence-corrected chi connectivity index (χ2v) is 4.36. The van der Waals surface area contributed by atoms with Crippen LogP contribution in [0.2, 0.25) is 0 Å². The summed E-state index contributed by atoms with van der Waals surface area (Å²) in [4.78, 5) is 13.8. The zero-order chi connectivity index (χ0) is 12.3. The fraction of sp³-hybridized carbons (Fsp3) is 0.500. The monoisotopic (exact) mass is 222 g/mol. The van der Waals surface area contributed by atoms with E-state index in [2.05, 4.69) is 5.16 Å². The highest BCUT2D eigenvalue weighted by Gasteiger charge is 2.19. The lowest BCUT2D eigenvalue weighted by molar-refractivity contribution is -0.116. The van der Waals surface area contributed by atoms with Crippen molar-refractivity contribution in [2.45, 2.75) is 20.8 Å². The van der Waals surface area contributed by atoms with Crippen molar-refractivity contribution < 1.29 is 9.32 Å². The average Bonchev–Trinajstić information content (AvgIpc) is 2.59. The quantitative estimate of drug-likeness (QED) is 0.732. The van der Waals surface area contributed by atoms with Crippen LogP contribution in [0.15, 0.2) is 16.8 Å². The van der Waals surface area contributed by atoms with Crippen LogP contribution >= 0.6 is 0 Å². The van der Waals surface area contributed by atoms with Gasteiger partial charge >= 0.3 is 0 Å². The smallest absolute Gasteiger partial charge is 0.172 e. The molecule has 0 fully saturated rings. The molecule has 0 N–H and O–H groups in total. The highest BCUT2D eigenvalue weighted by atomic mass is 16.5. The van der Waals surface area contributed by atoms with Gasteiger partial charge in [0, 0.05) is 32.3 Å². The second-order valence-electron chi connectivity index (χ2n) is 4.36.